The molecule has 0 aliphatic carbocycles. The molecule has 0 aliphatic heterocycles. The SMILES string of the molecule is Cc1cc(/C=N/NC(=O)c2cc(-c3ccc(Cl)cc3)oc2C)cc(C)c1O. The minimum Gasteiger partial charge on any atom is -0.507 e. The molecule has 0 saturated carbocycles. The molecule has 0 fully saturated rings. The molecule has 1 aromatic heterocycles. The van der Waals surface area contributed by atoms with Gasteiger partial charge in [0.2, 0.25) is 0 Å². The van der Waals surface area contributed by atoms with Crippen molar-refractivity contribution in [3.05, 3.63) is 75.5 Å². The fourth-order valence-corrected chi connectivity index (χ4v) is 2.88. The first kappa shape index (κ1) is 18.7. The van der Waals surface area contributed by atoms with Gasteiger partial charge in [-0.25, -0.2) is 5.43 Å². The van der Waals surface area contributed by atoms with Crippen molar-refractivity contribution in [3.63, 3.8) is 0 Å². The summed E-state index contributed by atoms with van der Waals surface area (Å²) in [5, 5.41) is 14.4. The van der Waals surface area contributed by atoms with E-state index >= 15 is 0 Å². The summed E-state index contributed by atoms with van der Waals surface area (Å²) in [6.07, 6.45) is 1.53. The van der Waals surface area contributed by atoms with Crippen molar-refractivity contribution >= 4 is 23.7 Å². The van der Waals surface area contributed by atoms with E-state index in [2.05, 4.69) is 10.5 Å². The van der Waals surface area contributed by atoms with Crippen LogP contribution >= 0.6 is 11.6 Å². The van der Waals surface area contributed by atoms with Crippen LogP contribution in [0.2, 0.25) is 5.02 Å². The van der Waals surface area contributed by atoms with Crippen LogP contribution in [-0.2, 0) is 0 Å². The van der Waals surface area contributed by atoms with Gasteiger partial charge >= 0.3 is 0 Å². The number of aromatic hydroxyl groups is 1. The van der Waals surface area contributed by atoms with Crippen LogP contribution in [-0.4, -0.2) is 17.2 Å². The summed E-state index contributed by atoms with van der Waals surface area (Å²) in [4.78, 5) is 12.4. The van der Waals surface area contributed by atoms with Crippen LogP contribution < -0.4 is 5.43 Å². The van der Waals surface area contributed by atoms with Gasteiger partial charge in [0.15, 0.2) is 0 Å². The zero-order valence-corrected chi connectivity index (χ0v) is 16.0. The molecule has 0 spiro atoms. The quantitative estimate of drug-likeness (QED) is 0.492. The molecule has 0 saturated heterocycles. The highest BCUT2D eigenvalue weighted by Gasteiger charge is 2.15. The van der Waals surface area contributed by atoms with Crippen molar-refractivity contribution < 1.29 is 14.3 Å². The van der Waals surface area contributed by atoms with Gasteiger partial charge in [-0.3, -0.25) is 4.79 Å². The van der Waals surface area contributed by atoms with Crippen molar-refractivity contribution in [3.8, 4) is 17.1 Å². The van der Waals surface area contributed by atoms with E-state index in [-0.39, 0.29) is 11.7 Å². The number of nitrogens with one attached hydrogen (secondary N) is 1. The number of phenolic OH excluding ortho intramolecular Hbond substituents is 1. The minimum atomic E-state index is -0.361. The lowest BCUT2D eigenvalue weighted by Crippen LogP contribution is -2.17. The average molecular weight is 383 g/mol. The van der Waals surface area contributed by atoms with Crippen molar-refractivity contribution in [2.45, 2.75) is 20.8 Å². The molecule has 0 bridgehead atoms. The molecule has 0 aliphatic rings. The summed E-state index contributed by atoms with van der Waals surface area (Å²) >= 11 is 5.90. The highest BCUT2D eigenvalue weighted by Crippen LogP contribution is 2.26. The van der Waals surface area contributed by atoms with Crippen molar-refractivity contribution in [2.75, 3.05) is 0 Å². The topological polar surface area (TPSA) is 74.8 Å². The Morgan fingerprint density at radius 2 is 1.74 bits per heavy atom. The molecular weight excluding hydrogens is 364 g/mol. The summed E-state index contributed by atoms with van der Waals surface area (Å²) in [5.74, 6) is 0.993. The number of furan rings is 1. The first-order valence-electron chi connectivity index (χ1n) is 8.35. The number of phenols is 1. The molecular formula is C21H19ClN2O3. The Morgan fingerprint density at radius 1 is 1.11 bits per heavy atom. The lowest BCUT2D eigenvalue weighted by Gasteiger charge is -2.04. The molecule has 6 heteroatoms. The number of carbonyl (C=O) groups excluding carboxylic acids is 1. The van der Waals surface area contributed by atoms with Crippen LogP contribution in [0.3, 0.4) is 0 Å². The van der Waals surface area contributed by atoms with Gasteiger partial charge in [-0.05, 0) is 79.9 Å². The number of carbonyl (C=O) groups is 1. The molecule has 27 heavy (non-hydrogen) atoms. The third kappa shape index (κ3) is 4.20. The number of halogens is 1. The zero-order valence-electron chi connectivity index (χ0n) is 15.2. The maximum atomic E-state index is 12.4. The van der Waals surface area contributed by atoms with Crippen molar-refractivity contribution in [2.24, 2.45) is 5.10 Å². The molecule has 2 N–H and O–H groups in total. The van der Waals surface area contributed by atoms with Crippen LogP contribution in [0, 0.1) is 20.8 Å². The number of hydrazone groups is 1. The van der Waals surface area contributed by atoms with Gasteiger partial charge in [-0.2, -0.15) is 5.10 Å². The van der Waals surface area contributed by atoms with Gasteiger partial charge in [-0.1, -0.05) is 11.6 Å². The minimum absolute atomic E-state index is 0.264. The largest absolute Gasteiger partial charge is 0.507 e. The Balaban J connectivity index is 1.74. The molecule has 138 valence electrons. The van der Waals surface area contributed by atoms with Gasteiger partial charge < -0.3 is 9.52 Å². The smallest absolute Gasteiger partial charge is 0.274 e. The zero-order chi connectivity index (χ0) is 19.6. The fraction of sp³-hybridized carbons (Fsp3) is 0.143. The number of amides is 1. The Morgan fingerprint density at radius 3 is 2.37 bits per heavy atom. The Kier molecular flexibility index (Phi) is 5.33. The van der Waals surface area contributed by atoms with Crippen LogP contribution in [0.4, 0.5) is 0 Å². The highest BCUT2D eigenvalue weighted by atomic mass is 35.5. The van der Waals surface area contributed by atoms with E-state index in [4.69, 9.17) is 16.0 Å². The van der Waals surface area contributed by atoms with E-state index in [0.29, 0.717) is 22.1 Å². The molecule has 0 unspecified atom stereocenters. The first-order chi connectivity index (χ1) is 12.8. The van der Waals surface area contributed by atoms with Crippen molar-refractivity contribution in [1.82, 2.24) is 5.43 Å². The third-order valence-electron chi connectivity index (χ3n) is 4.18. The number of hydrogen-bond acceptors (Lipinski definition) is 4. The van der Waals surface area contributed by atoms with E-state index in [1.54, 1.807) is 37.3 Å². The Bertz CT molecular complexity index is 997. The molecule has 0 radical (unpaired) electrons. The van der Waals surface area contributed by atoms with Crippen LogP contribution in [0.15, 0.2) is 52.0 Å². The van der Waals surface area contributed by atoms with Gasteiger partial charge in [0.05, 0.1) is 11.8 Å². The van der Waals surface area contributed by atoms with Crippen LogP contribution in [0.1, 0.15) is 32.8 Å². The second kappa shape index (κ2) is 7.68. The monoisotopic (exact) mass is 382 g/mol. The first-order valence-corrected chi connectivity index (χ1v) is 8.73. The normalized spacial score (nSPS) is 11.1. The van der Waals surface area contributed by atoms with Gasteiger partial charge in [-0.15, -0.1) is 0 Å². The predicted molar refractivity (Wildman–Crippen MR) is 107 cm³/mol. The molecule has 0 atom stereocenters. The number of benzene rings is 2. The summed E-state index contributed by atoms with van der Waals surface area (Å²) in [6.45, 7) is 5.35. The van der Waals surface area contributed by atoms with E-state index in [9.17, 15) is 9.90 Å². The molecule has 3 aromatic rings. The van der Waals surface area contributed by atoms with Gasteiger partial charge in [0.25, 0.3) is 5.91 Å². The number of rotatable bonds is 4. The number of hydrogen-bond donors (Lipinski definition) is 2. The Hall–Kier alpha value is -3.05. The average Bonchev–Trinajstić information content (AvgIpc) is 3.02. The predicted octanol–water partition coefficient (Wildman–Crippen LogP) is 4.99. The maximum Gasteiger partial charge on any atom is 0.274 e. The molecule has 3 rings (SSSR count). The molecule has 2 aromatic carbocycles. The van der Waals surface area contributed by atoms with Gasteiger partial charge in [0, 0.05) is 10.6 Å². The standard InChI is InChI=1S/C21H19ClN2O3/c1-12-8-15(9-13(2)20(12)25)11-23-24-21(26)18-10-19(27-14(18)3)16-4-6-17(22)7-5-16/h4-11,25H,1-3H3,(H,24,26)/b23-11+. The Labute approximate surface area is 162 Å². The third-order valence-corrected chi connectivity index (χ3v) is 4.44. The number of aryl methyl sites for hydroxylation is 3. The summed E-state index contributed by atoms with van der Waals surface area (Å²) in [7, 11) is 0. The van der Waals surface area contributed by atoms with Crippen LogP contribution in [0.5, 0.6) is 5.75 Å². The van der Waals surface area contributed by atoms with E-state index in [0.717, 1.165) is 22.3 Å². The van der Waals surface area contributed by atoms with Crippen LogP contribution in [0.25, 0.3) is 11.3 Å². The number of nitrogens with zero attached hydrogens (tertiary/aromatic N) is 1. The molecule has 1 amide bonds. The van der Waals surface area contributed by atoms with E-state index < -0.39 is 0 Å². The maximum absolute atomic E-state index is 12.4. The lowest BCUT2D eigenvalue weighted by atomic mass is 10.1. The lowest BCUT2D eigenvalue weighted by molar-refractivity contribution is 0.0953. The van der Waals surface area contributed by atoms with Gasteiger partial charge in [0.1, 0.15) is 17.3 Å². The second-order valence-electron chi connectivity index (χ2n) is 6.29. The summed E-state index contributed by atoms with van der Waals surface area (Å²) < 4.78 is 5.69. The van der Waals surface area contributed by atoms with E-state index in [1.807, 2.05) is 26.0 Å². The highest BCUT2D eigenvalue weighted by molar-refractivity contribution is 6.30. The van der Waals surface area contributed by atoms with Crippen molar-refractivity contribution in [1.29, 1.82) is 0 Å². The summed E-state index contributed by atoms with van der Waals surface area (Å²) in [6, 6.07) is 12.4. The fourth-order valence-electron chi connectivity index (χ4n) is 2.75. The molecule has 1 heterocycles. The second-order valence-corrected chi connectivity index (χ2v) is 6.73. The van der Waals surface area contributed by atoms with E-state index in [1.165, 1.54) is 6.21 Å². The molecule has 5 nitrogen and oxygen atoms in total. The summed E-state index contributed by atoms with van der Waals surface area (Å²) in [5.41, 5.74) is 6.04.